The molecule has 1 aliphatic carbocycles. The van der Waals surface area contributed by atoms with Gasteiger partial charge in [0.05, 0.1) is 5.56 Å². The second-order valence-electron chi connectivity index (χ2n) is 5.38. The van der Waals surface area contributed by atoms with Crippen LogP contribution < -0.4 is 5.32 Å². The molecule has 0 bridgehead atoms. The van der Waals surface area contributed by atoms with Crippen LogP contribution in [0.1, 0.15) is 37.7 Å². The lowest BCUT2D eigenvalue weighted by atomic mass is 9.88. The Morgan fingerprint density at radius 1 is 1.10 bits per heavy atom. The van der Waals surface area contributed by atoms with Gasteiger partial charge >= 0.3 is 6.18 Å². The first-order valence-electron chi connectivity index (χ1n) is 6.91. The molecule has 112 valence electrons. The number of thioether (sulfide) groups is 1. The van der Waals surface area contributed by atoms with Crippen molar-refractivity contribution in [1.82, 2.24) is 0 Å². The van der Waals surface area contributed by atoms with Crippen molar-refractivity contribution in [3.63, 3.8) is 0 Å². The molecule has 0 atom stereocenters. The smallest absolute Gasteiger partial charge is 0.384 e. The Morgan fingerprint density at radius 3 is 2.20 bits per heavy atom. The second-order valence-corrected chi connectivity index (χ2v) is 6.65. The lowest BCUT2D eigenvalue weighted by Crippen LogP contribution is -2.35. The van der Waals surface area contributed by atoms with E-state index in [1.54, 1.807) is 0 Å². The largest absolute Gasteiger partial charge is 0.416 e. The van der Waals surface area contributed by atoms with E-state index in [2.05, 4.69) is 11.6 Å². The van der Waals surface area contributed by atoms with Crippen LogP contribution in [0.25, 0.3) is 0 Å². The number of nitrogens with one attached hydrogen (secondary N) is 1. The predicted octanol–water partition coefficient (Wildman–Crippen LogP) is 5.18. The number of benzene rings is 1. The highest BCUT2D eigenvalue weighted by Gasteiger charge is 2.31. The molecule has 0 spiro atoms. The molecular weight excluding hydrogens is 283 g/mol. The highest BCUT2D eigenvalue weighted by Crippen LogP contribution is 2.38. The van der Waals surface area contributed by atoms with E-state index < -0.39 is 11.7 Å². The van der Waals surface area contributed by atoms with Crippen LogP contribution in [0, 0.1) is 0 Å². The molecule has 2 rings (SSSR count). The molecule has 1 aliphatic rings. The van der Waals surface area contributed by atoms with Crippen molar-refractivity contribution in [1.29, 1.82) is 0 Å². The third-order valence-corrected chi connectivity index (χ3v) is 5.44. The molecule has 1 nitrogen and oxygen atoms in total. The lowest BCUT2D eigenvalue weighted by Gasteiger charge is -2.36. The third-order valence-electron chi connectivity index (χ3n) is 4.02. The number of alkyl halides is 3. The van der Waals surface area contributed by atoms with Gasteiger partial charge in [-0.15, -0.1) is 0 Å². The van der Waals surface area contributed by atoms with E-state index in [0.717, 1.165) is 24.4 Å². The fourth-order valence-electron chi connectivity index (χ4n) is 2.69. The zero-order chi connectivity index (χ0) is 14.6. The molecule has 0 heterocycles. The Morgan fingerprint density at radius 2 is 1.70 bits per heavy atom. The van der Waals surface area contributed by atoms with Gasteiger partial charge in [0.2, 0.25) is 0 Å². The number of halogens is 3. The Balaban J connectivity index is 1.96. The minimum absolute atomic E-state index is 0.237. The molecule has 0 amide bonds. The molecule has 1 fully saturated rings. The SMILES string of the molecule is CSC1(CNc2ccc(C(F)(F)F)cc2)CCCCC1. The fraction of sp³-hybridized carbons (Fsp3) is 0.600. The predicted molar refractivity (Wildman–Crippen MR) is 79.3 cm³/mol. The minimum atomic E-state index is -4.26. The molecule has 0 aromatic heterocycles. The summed E-state index contributed by atoms with van der Waals surface area (Å²) in [6, 6.07) is 5.29. The van der Waals surface area contributed by atoms with Crippen molar-refractivity contribution in [2.75, 3.05) is 18.1 Å². The zero-order valence-corrected chi connectivity index (χ0v) is 12.4. The molecule has 5 heteroatoms. The van der Waals surface area contributed by atoms with Crippen molar-refractivity contribution in [3.05, 3.63) is 29.8 Å². The van der Waals surface area contributed by atoms with Gasteiger partial charge in [-0.2, -0.15) is 24.9 Å². The molecule has 1 saturated carbocycles. The Hall–Kier alpha value is -0.840. The van der Waals surface area contributed by atoms with E-state index >= 15 is 0 Å². The van der Waals surface area contributed by atoms with Gasteiger partial charge < -0.3 is 5.32 Å². The van der Waals surface area contributed by atoms with Crippen LogP contribution in [0.15, 0.2) is 24.3 Å². The molecule has 1 N–H and O–H groups in total. The first-order chi connectivity index (χ1) is 9.45. The summed E-state index contributed by atoms with van der Waals surface area (Å²) in [6.45, 7) is 0.819. The normalized spacial score (nSPS) is 18.8. The molecule has 0 aliphatic heterocycles. The van der Waals surface area contributed by atoms with Crippen molar-refractivity contribution in [2.45, 2.75) is 43.0 Å². The van der Waals surface area contributed by atoms with Crippen LogP contribution in [0.5, 0.6) is 0 Å². The highest BCUT2D eigenvalue weighted by molar-refractivity contribution is 8.00. The van der Waals surface area contributed by atoms with Crippen LogP contribution in [-0.4, -0.2) is 17.5 Å². The maximum atomic E-state index is 12.5. The molecule has 0 radical (unpaired) electrons. The first kappa shape index (κ1) is 15.5. The number of anilines is 1. The van der Waals surface area contributed by atoms with Crippen LogP contribution in [0.3, 0.4) is 0 Å². The average molecular weight is 303 g/mol. The van der Waals surface area contributed by atoms with Gasteiger partial charge in [-0.1, -0.05) is 19.3 Å². The Bertz CT molecular complexity index is 422. The van der Waals surface area contributed by atoms with E-state index in [9.17, 15) is 13.2 Å². The molecule has 20 heavy (non-hydrogen) atoms. The topological polar surface area (TPSA) is 12.0 Å². The zero-order valence-electron chi connectivity index (χ0n) is 11.6. The number of rotatable bonds is 4. The number of hydrogen-bond donors (Lipinski definition) is 1. The van der Waals surface area contributed by atoms with Crippen molar-refractivity contribution in [2.24, 2.45) is 0 Å². The maximum Gasteiger partial charge on any atom is 0.416 e. The summed E-state index contributed by atoms with van der Waals surface area (Å²) in [4.78, 5) is 0. The van der Waals surface area contributed by atoms with Gasteiger partial charge in [0.25, 0.3) is 0 Å². The van der Waals surface area contributed by atoms with E-state index in [-0.39, 0.29) is 4.75 Å². The van der Waals surface area contributed by atoms with E-state index in [1.165, 1.54) is 44.2 Å². The fourth-order valence-corrected chi connectivity index (χ4v) is 3.60. The standard InChI is InChI=1S/C15H20F3NS/c1-20-14(9-3-2-4-10-14)11-19-13-7-5-12(6-8-13)15(16,17)18/h5-8,19H,2-4,9-11H2,1H3. The molecular formula is C15H20F3NS. The van der Waals surface area contributed by atoms with Crippen LogP contribution in [0.2, 0.25) is 0 Å². The number of hydrogen-bond acceptors (Lipinski definition) is 2. The van der Waals surface area contributed by atoms with E-state index in [1.807, 2.05) is 11.8 Å². The molecule has 0 saturated heterocycles. The minimum Gasteiger partial charge on any atom is -0.384 e. The van der Waals surface area contributed by atoms with E-state index in [0.29, 0.717) is 0 Å². The summed E-state index contributed by atoms with van der Waals surface area (Å²) in [5, 5.41) is 3.30. The van der Waals surface area contributed by atoms with Crippen LogP contribution in [-0.2, 0) is 6.18 Å². The van der Waals surface area contributed by atoms with E-state index in [4.69, 9.17) is 0 Å². The van der Waals surface area contributed by atoms with Gasteiger partial charge in [-0.25, -0.2) is 0 Å². The van der Waals surface area contributed by atoms with Crippen LogP contribution in [0.4, 0.5) is 18.9 Å². The van der Waals surface area contributed by atoms with Crippen molar-refractivity contribution < 1.29 is 13.2 Å². The summed E-state index contributed by atoms with van der Waals surface area (Å²) in [5.74, 6) is 0. The maximum absolute atomic E-state index is 12.5. The second kappa shape index (κ2) is 6.29. The average Bonchev–Trinajstić information content (AvgIpc) is 2.46. The van der Waals surface area contributed by atoms with Crippen LogP contribution >= 0.6 is 11.8 Å². The van der Waals surface area contributed by atoms with Gasteiger partial charge in [-0.3, -0.25) is 0 Å². The monoisotopic (exact) mass is 303 g/mol. The highest BCUT2D eigenvalue weighted by atomic mass is 32.2. The van der Waals surface area contributed by atoms with Gasteiger partial charge in [-0.05, 0) is 43.4 Å². The Kier molecular flexibility index (Phi) is 4.89. The summed E-state index contributed by atoms with van der Waals surface area (Å²) in [5.41, 5.74) is 0.164. The quantitative estimate of drug-likeness (QED) is 0.822. The summed E-state index contributed by atoms with van der Waals surface area (Å²) >= 11 is 1.88. The first-order valence-corrected chi connectivity index (χ1v) is 8.14. The lowest BCUT2D eigenvalue weighted by molar-refractivity contribution is -0.137. The summed E-state index contributed by atoms with van der Waals surface area (Å²) in [6.07, 6.45) is 4.01. The Labute approximate surface area is 122 Å². The third kappa shape index (κ3) is 3.84. The van der Waals surface area contributed by atoms with Gasteiger partial charge in [0, 0.05) is 17.0 Å². The summed E-state index contributed by atoms with van der Waals surface area (Å²) in [7, 11) is 0. The molecule has 0 unspecified atom stereocenters. The van der Waals surface area contributed by atoms with Crippen molar-refractivity contribution in [3.8, 4) is 0 Å². The van der Waals surface area contributed by atoms with Crippen molar-refractivity contribution >= 4 is 17.4 Å². The molecule has 1 aromatic carbocycles. The summed E-state index contributed by atoms with van der Waals surface area (Å²) < 4.78 is 37.7. The van der Waals surface area contributed by atoms with Gasteiger partial charge in [0.15, 0.2) is 0 Å². The van der Waals surface area contributed by atoms with Gasteiger partial charge in [0.1, 0.15) is 0 Å². The molecule has 1 aromatic rings.